The second-order valence-corrected chi connectivity index (χ2v) is 10.2. The summed E-state index contributed by atoms with van der Waals surface area (Å²) in [6, 6.07) is 0. The van der Waals surface area contributed by atoms with Gasteiger partial charge in [-0.25, -0.2) is 0 Å². The zero-order chi connectivity index (χ0) is 44.4. The second kappa shape index (κ2) is 77.7. The first-order chi connectivity index (χ1) is 25.6. The van der Waals surface area contributed by atoms with E-state index < -0.39 is 0 Å². The minimum atomic E-state index is -0.218. The number of carbonyl (C=O) groups is 3. The summed E-state index contributed by atoms with van der Waals surface area (Å²) < 4.78 is 9.43. The van der Waals surface area contributed by atoms with Crippen molar-refractivity contribution in [2.24, 2.45) is 5.92 Å². The Labute approximate surface area is 336 Å². The van der Waals surface area contributed by atoms with Gasteiger partial charge in [-0.2, -0.15) is 0 Å². The van der Waals surface area contributed by atoms with E-state index in [4.69, 9.17) is 9.47 Å². The molecule has 1 unspecified atom stereocenters. The number of allylic oxidation sites excluding steroid dienone is 10. The first-order valence-corrected chi connectivity index (χ1v) is 18.0. The summed E-state index contributed by atoms with van der Waals surface area (Å²) in [7, 11) is 2.03. The van der Waals surface area contributed by atoms with E-state index in [-0.39, 0.29) is 17.3 Å². The van der Waals surface area contributed by atoms with Gasteiger partial charge in [0.25, 0.3) is 0 Å². The lowest BCUT2D eigenvalue weighted by atomic mass is 10.0. The normalized spacial score (nSPS) is 11.1. The molecule has 2 rings (SSSR count). The van der Waals surface area contributed by atoms with Crippen molar-refractivity contribution in [3.63, 3.8) is 0 Å². The summed E-state index contributed by atoms with van der Waals surface area (Å²) in [6.07, 6.45) is 34.2. The van der Waals surface area contributed by atoms with E-state index in [2.05, 4.69) is 90.1 Å². The van der Waals surface area contributed by atoms with Crippen molar-refractivity contribution >= 4 is 17.3 Å². The quantitative estimate of drug-likeness (QED) is 0.0493. The number of terminal acetylenes is 2. The molecule has 2 saturated heterocycles. The Morgan fingerprint density at radius 1 is 0.815 bits per heavy atom. The summed E-state index contributed by atoms with van der Waals surface area (Å²) in [5.74, 6) is 4.72. The van der Waals surface area contributed by atoms with Crippen LogP contribution in [0.2, 0.25) is 0 Å². The van der Waals surface area contributed by atoms with E-state index in [0.717, 1.165) is 51.7 Å². The van der Waals surface area contributed by atoms with E-state index >= 15 is 0 Å². The molecule has 6 heteroatoms. The number of hydrogen-bond acceptors (Lipinski definition) is 6. The van der Waals surface area contributed by atoms with Crippen LogP contribution in [0, 0.1) is 30.6 Å². The topological polar surface area (TPSA) is 76.2 Å². The van der Waals surface area contributed by atoms with Crippen molar-refractivity contribution in [2.45, 2.75) is 94.6 Å². The van der Waals surface area contributed by atoms with Crippen molar-refractivity contribution in [3.05, 3.63) is 126 Å². The third-order valence-corrected chi connectivity index (χ3v) is 4.38. The van der Waals surface area contributed by atoms with E-state index in [1.807, 2.05) is 77.1 Å². The lowest BCUT2D eigenvalue weighted by Crippen LogP contribution is -2.17. The molecule has 0 bridgehead atoms. The maximum absolute atomic E-state index is 10.1. The fourth-order valence-corrected chi connectivity index (χ4v) is 1.76. The summed E-state index contributed by atoms with van der Waals surface area (Å²) in [6.45, 7) is 50.9. The van der Waals surface area contributed by atoms with Crippen molar-refractivity contribution in [1.29, 1.82) is 0 Å². The minimum absolute atomic E-state index is 0.0185. The van der Waals surface area contributed by atoms with Crippen LogP contribution in [0.3, 0.4) is 0 Å². The number of ketones is 3. The maximum atomic E-state index is 10.1. The van der Waals surface area contributed by atoms with Gasteiger partial charge >= 0.3 is 0 Å². The highest BCUT2D eigenvalue weighted by atomic mass is 16.6. The molecule has 54 heavy (non-hydrogen) atoms. The number of rotatable bonds is 12. The van der Waals surface area contributed by atoms with E-state index in [1.165, 1.54) is 39.3 Å². The molecule has 6 nitrogen and oxygen atoms in total. The van der Waals surface area contributed by atoms with Crippen molar-refractivity contribution in [1.82, 2.24) is 4.90 Å². The maximum Gasteiger partial charge on any atom is 0.202 e. The van der Waals surface area contributed by atoms with Crippen LogP contribution in [0.1, 0.15) is 88.5 Å². The minimum Gasteiger partial charge on any atom is -0.381 e. The molecule has 0 aromatic heterocycles. The molecule has 0 N–H and O–H groups in total. The Morgan fingerprint density at radius 2 is 1.11 bits per heavy atom. The monoisotopic (exact) mass is 752 g/mol. The van der Waals surface area contributed by atoms with Gasteiger partial charge in [-0.15, -0.1) is 51.7 Å². The Morgan fingerprint density at radius 3 is 1.20 bits per heavy atom. The third kappa shape index (κ3) is 171. The van der Waals surface area contributed by atoms with Gasteiger partial charge in [0.15, 0.2) is 11.6 Å². The molecule has 2 aliphatic rings. The van der Waals surface area contributed by atoms with E-state index in [0.29, 0.717) is 6.10 Å². The average Bonchev–Trinajstić information content (AvgIpc) is 3.89. The van der Waals surface area contributed by atoms with Crippen LogP contribution in [-0.2, 0) is 23.9 Å². The van der Waals surface area contributed by atoms with Crippen LogP contribution < -0.4 is 0 Å². The van der Waals surface area contributed by atoms with Crippen LogP contribution in [0.15, 0.2) is 126 Å². The number of nitrogens with zero attached hydrogens (tertiary/aromatic N) is 1. The number of hydrogen-bond donors (Lipinski definition) is 0. The van der Waals surface area contributed by atoms with Gasteiger partial charge in [-0.1, -0.05) is 101 Å². The molecular weight excluding hydrogens is 671 g/mol. The number of Topliss-reactive ketones (excluding diaryl/α,β-unsaturated/α-hetero) is 1. The van der Waals surface area contributed by atoms with Crippen molar-refractivity contribution < 1.29 is 23.9 Å². The first kappa shape index (κ1) is 70.9. The zero-order valence-corrected chi connectivity index (χ0v) is 36.5. The molecule has 1 atom stereocenters. The molecule has 0 radical (unpaired) electrons. The Bertz CT molecular complexity index is 980. The Kier molecular flexibility index (Phi) is 102. The van der Waals surface area contributed by atoms with Crippen molar-refractivity contribution in [2.75, 3.05) is 40.0 Å². The first-order valence-electron chi connectivity index (χ1n) is 18.0. The highest BCUT2D eigenvalue weighted by Gasteiger charge is 2.13. The summed E-state index contributed by atoms with van der Waals surface area (Å²) in [5.41, 5.74) is 0. The van der Waals surface area contributed by atoms with Crippen LogP contribution >= 0.6 is 0 Å². The number of ether oxygens (including phenoxy) is 2. The third-order valence-electron chi connectivity index (χ3n) is 4.38. The molecule has 0 spiro atoms. The number of carbonyl (C=O) groups excluding carboxylic acids is 3. The summed E-state index contributed by atoms with van der Waals surface area (Å²) in [4.78, 5) is 31.5. The molecular formula is C48H81NO5. The largest absolute Gasteiger partial charge is 0.381 e. The van der Waals surface area contributed by atoms with E-state index in [9.17, 15) is 14.4 Å². The van der Waals surface area contributed by atoms with Gasteiger partial charge in [0.05, 0.1) is 12.7 Å². The molecule has 0 aromatic carbocycles. The van der Waals surface area contributed by atoms with Gasteiger partial charge < -0.3 is 9.47 Å². The van der Waals surface area contributed by atoms with Crippen LogP contribution in [0.25, 0.3) is 0 Å². The fraction of sp³-hybridized carbons (Fsp3) is 0.438. The van der Waals surface area contributed by atoms with Crippen molar-refractivity contribution in [3.8, 4) is 24.7 Å². The van der Waals surface area contributed by atoms with Gasteiger partial charge in [0.2, 0.25) is 5.78 Å². The molecule has 0 amide bonds. The van der Waals surface area contributed by atoms with Gasteiger partial charge in [-0.05, 0) is 91.8 Å². The average molecular weight is 752 g/mol. The Balaban J connectivity index is -0.0000000601. The predicted octanol–water partition coefficient (Wildman–Crippen LogP) is 11.8. The van der Waals surface area contributed by atoms with Crippen LogP contribution in [0.4, 0.5) is 0 Å². The Hall–Kier alpha value is -4.59. The van der Waals surface area contributed by atoms with Gasteiger partial charge in [-0.3, -0.25) is 19.3 Å². The molecule has 0 saturated carbocycles. The summed E-state index contributed by atoms with van der Waals surface area (Å²) >= 11 is 0. The predicted molar refractivity (Wildman–Crippen MR) is 245 cm³/mol. The molecule has 2 fully saturated rings. The summed E-state index contributed by atoms with van der Waals surface area (Å²) in [5, 5.41) is 0. The fourth-order valence-electron chi connectivity index (χ4n) is 1.76. The van der Waals surface area contributed by atoms with Gasteiger partial charge in [0.1, 0.15) is 0 Å². The standard InChI is InChI=1S/C8H14.C7H13N.C6H8O.C5H8.C4H6O.C4H4O.2C3H6O.C3H6.C3H4.C2H6/c2*1-4-6-8(3)7-5-2;1-3-4-5-6(2)7;1-3-5-4-2;2*1-3-4(2)5;1-3-2-4-3;1-2-4-3-1;2*1-3-2;1-2/h4-5,8H,1-2,6-7H2,3H3;4-5H,1-2,6-7H2,3H3;3-5H,1H2,2H3;3-5H,1H2,2H3;3H,1H2,2H3;1H,2H3;3H,2H2,1H3;1-3H2;3H,1H2,2H3;1H,2H3;1-2H3. The molecule has 2 heterocycles. The smallest absolute Gasteiger partial charge is 0.202 e. The molecule has 0 aromatic rings. The molecule has 0 aliphatic carbocycles. The lowest BCUT2D eigenvalue weighted by molar-refractivity contribution is -0.113. The lowest BCUT2D eigenvalue weighted by Gasteiger charge is -2.09. The SMILES string of the molecule is C#CC.C#CC(C)=O.C1COC1.C=CC.C=CC(C)=O.C=CC=CC.C=CC=CC(C)=O.C=CCC(C)CC=C.C=CCN(C)CC=C.CC.CC1CO1. The highest BCUT2D eigenvalue weighted by Crippen LogP contribution is 2.06. The van der Waals surface area contributed by atoms with E-state index in [1.54, 1.807) is 31.2 Å². The number of likely N-dealkylation sites (N-methyl/N-ethyl adjacent to an activating group) is 1. The van der Waals surface area contributed by atoms with Gasteiger partial charge in [0, 0.05) is 33.2 Å². The highest BCUT2D eigenvalue weighted by molar-refractivity contribution is 5.92. The van der Waals surface area contributed by atoms with Crippen LogP contribution in [0.5, 0.6) is 0 Å². The second-order valence-electron chi connectivity index (χ2n) is 10.2. The molecule has 2 aliphatic heterocycles. The zero-order valence-electron chi connectivity index (χ0n) is 36.5. The van der Waals surface area contributed by atoms with Crippen LogP contribution in [-0.4, -0.2) is 68.3 Å². The number of epoxide rings is 1. The molecule has 308 valence electrons.